The van der Waals surface area contributed by atoms with Crippen molar-refractivity contribution in [1.29, 1.82) is 0 Å². The largest absolute Gasteiger partial charge is 0.397 e. The van der Waals surface area contributed by atoms with Gasteiger partial charge in [0.15, 0.2) is 0 Å². The molecule has 0 radical (unpaired) electrons. The van der Waals surface area contributed by atoms with Gasteiger partial charge in [-0.2, -0.15) is 0 Å². The van der Waals surface area contributed by atoms with Crippen molar-refractivity contribution >= 4 is 55.9 Å². The van der Waals surface area contributed by atoms with Crippen LogP contribution in [0.2, 0.25) is 10.0 Å². The maximum atomic E-state index is 6.32. The fourth-order valence-corrected chi connectivity index (χ4v) is 3.16. The van der Waals surface area contributed by atoms with Crippen LogP contribution in [0.15, 0.2) is 34.8 Å². The molecular formula is C15H12BrCl2N3. The van der Waals surface area contributed by atoms with Crippen molar-refractivity contribution in [2.24, 2.45) is 0 Å². The van der Waals surface area contributed by atoms with Gasteiger partial charge in [0.25, 0.3) is 0 Å². The zero-order valence-corrected chi connectivity index (χ0v) is 14.3. The number of anilines is 1. The molecule has 0 spiro atoms. The summed E-state index contributed by atoms with van der Waals surface area (Å²) in [6.45, 7) is 2.82. The van der Waals surface area contributed by atoms with E-state index in [2.05, 4.69) is 32.4 Å². The van der Waals surface area contributed by atoms with E-state index >= 15 is 0 Å². The Bertz CT molecular complexity index is 843. The molecule has 2 aromatic carbocycles. The number of hydrogen-bond donors (Lipinski definition) is 1. The Balaban J connectivity index is 2.38. The number of aromatic nitrogens is 2. The number of halogens is 3. The number of fused-ring (bicyclic) bond motifs is 1. The van der Waals surface area contributed by atoms with Crippen molar-refractivity contribution in [2.75, 3.05) is 5.73 Å². The molecule has 108 valence electrons. The first-order chi connectivity index (χ1) is 10.0. The predicted octanol–water partition coefficient (Wildman–Crippen LogP) is 5.37. The van der Waals surface area contributed by atoms with Crippen LogP contribution >= 0.6 is 39.1 Å². The second-order valence-corrected chi connectivity index (χ2v) is 6.36. The lowest BCUT2D eigenvalue weighted by Crippen LogP contribution is -2.01. The first-order valence-corrected chi connectivity index (χ1v) is 7.97. The average Bonchev–Trinajstić information content (AvgIpc) is 2.80. The van der Waals surface area contributed by atoms with Crippen molar-refractivity contribution in [3.63, 3.8) is 0 Å². The van der Waals surface area contributed by atoms with Crippen LogP contribution in [0.1, 0.15) is 6.92 Å². The minimum absolute atomic E-state index is 0.452. The molecule has 1 heterocycles. The quantitative estimate of drug-likeness (QED) is 0.603. The van der Waals surface area contributed by atoms with Crippen LogP contribution in [-0.4, -0.2) is 9.55 Å². The minimum atomic E-state index is 0.452. The maximum Gasteiger partial charge on any atom is 0.144 e. The van der Waals surface area contributed by atoms with Gasteiger partial charge < -0.3 is 10.3 Å². The zero-order valence-electron chi connectivity index (χ0n) is 11.2. The van der Waals surface area contributed by atoms with Crippen molar-refractivity contribution < 1.29 is 0 Å². The van der Waals surface area contributed by atoms with Gasteiger partial charge in [0.1, 0.15) is 5.82 Å². The molecular weight excluding hydrogens is 373 g/mol. The van der Waals surface area contributed by atoms with E-state index in [4.69, 9.17) is 28.9 Å². The van der Waals surface area contributed by atoms with Crippen LogP contribution in [0.25, 0.3) is 22.4 Å². The van der Waals surface area contributed by atoms with Crippen molar-refractivity contribution in [3.05, 3.63) is 44.8 Å². The van der Waals surface area contributed by atoms with E-state index in [1.54, 1.807) is 12.1 Å². The average molecular weight is 385 g/mol. The van der Waals surface area contributed by atoms with E-state index in [1.807, 2.05) is 18.2 Å². The number of aryl methyl sites for hydroxylation is 1. The van der Waals surface area contributed by atoms with Crippen LogP contribution in [0.3, 0.4) is 0 Å². The summed E-state index contributed by atoms with van der Waals surface area (Å²) in [5.41, 5.74) is 9.16. The summed E-state index contributed by atoms with van der Waals surface area (Å²) in [5.74, 6) is 0.732. The summed E-state index contributed by atoms with van der Waals surface area (Å²) in [7, 11) is 0. The Morgan fingerprint density at radius 1 is 1.19 bits per heavy atom. The monoisotopic (exact) mass is 383 g/mol. The molecule has 6 heteroatoms. The number of benzene rings is 2. The Hall–Kier alpha value is -1.23. The van der Waals surface area contributed by atoms with Crippen molar-refractivity contribution in [3.8, 4) is 11.4 Å². The van der Waals surface area contributed by atoms with Gasteiger partial charge in [-0.3, -0.25) is 0 Å². The molecule has 0 aliphatic rings. The third-order valence-electron chi connectivity index (χ3n) is 3.39. The molecule has 0 amide bonds. The van der Waals surface area contributed by atoms with Crippen LogP contribution in [0, 0.1) is 0 Å². The molecule has 0 fully saturated rings. The van der Waals surface area contributed by atoms with Crippen LogP contribution in [-0.2, 0) is 6.54 Å². The van der Waals surface area contributed by atoms with Gasteiger partial charge in [-0.1, -0.05) is 39.1 Å². The fourth-order valence-electron chi connectivity index (χ4n) is 2.41. The van der Waals surface area contributed by atoms with Gasteiger partial charge >= 0.3 is 0 Å². The third kappa shape index (κ3) is 2.41. The maximum absolute atomic E-state index is 6.32. The highest BCUT2D eigenvalue weighted by molar-refractivity contribution is 9.10. The minimum Gasteiger partial charge on any atom is -0.397 e. The number of imidazole rings is 1. The zero-order chi connectivity index (χ0) is 15.1. The van der Waals surface area contributed by atoms with Gasteiger partial charge in [0, 0.05) is 11.0 Å². The lowest BCUT2D eigenvalue weighted by molar-refractivity contribution is 0.796. The molecule has 0 unspecified atom stereocenters. The lowest BCUT2D eigenvalue weighted by Gasteiger charge is -2.11. The molecule has 2 N–H and O–H groups in total. The molecule has 3 rings (SSSR count). The highest BCUT2D eigenvalue weighted by Crippen LogP contribution is 2.38. The third-order valence-corrected chi connectivity index (χ3v) is 4.53. The van der Waals surface area contributed by atoms with E-state index in [1.165, 1.54) is 0 Å². The summed E-state index contributed by atoms with van der Waals surface area (Å²) in [6.07, 6.45) is 0. The van der Waals surface area contributed by atoms with E-state index in [9.17, 15) is 0 Å². The van der Waals surface area contributed by atoms with Crippen LogP contribution < -0.4 is 5.73 Å². The van der Waals surface area contributed by atoms with Crippen molar-refractivity contribution in [1.82, 2.24) is 9.55 Å². The first-order valence-electron chi connectivity index (χ1n) is 6.42. The highest BCUT2D eigenvalue weighted by Gasteiger charge is 2.18. The van der Waals surface area contributed by atoms with Gasteiger partial charge in [0.05, 0.1) is 32.3 Å². The highest BCUT2D eigenvalue weighted by atomic mass is 79.9. The molecule has 0 bridgehead atoms. The Morgan fingerprint density at radius 2 is 1.90 bits per heavy atom. The molecule has 0 atom stereocenters. The molecule has 3 nitrogen and oxygen atoms in total. The summed E-state index contributed by atoms with van der Waals surface area (Å²) in [4.78, 5) is 4.69. The molecule has 3 aromatic rings. The summed E-state index contributed by atoms with van der Waals surface area (Å²) >= 11 is 15.9. The number of hydrogen-bond acceptors (Lipinski definition) is 2. The van der Waals surface area contributed by atoms with Crippen LogP contribution in [0.5, 0.6) is 0 Å². The van der Waals surface area contributed by atoms with Gasteiger partial charge in [0.2, 0.25) is 0 Å². The van der Waals surface area contributed by atoms with E-state index in [0.717, 1.165) is 27.9 Å². The molecule has 0 saturated heterocycles. The second kappa shape index (κ2) is 5.52. The number of rotatable bonds is 2. The molecule has 0 aliphatic heterocycles. The summed E-state index contributed by atoms with van der Waals surface area (Å²) in [5, 5.41) is 1.02. The van der Waals surface area contributed by atoms with E-state index in [0.29, 0.717) is 21.3 Å². The normalized spacial score (nSPS) is 11.2. The Kier molecular flexibility index (Phi) is 3.86. The summed E-state index contributed by atoms with van der Waals surface area (Å²) in [6, 6.07) is 9.42. The number of nitrogens with two attached hydrogens (primary N) is 1. The Labute approximate surface area is 140 Å². The Morgan fingerprint density at radius 3 is 2.62 bits per heavy atom. The standard InChI is InChI=1S/C15H12BrCl2N3/c1-2-21-12-6-3-8(16)7-11(12)20-15(21)13-9(17)4-5-10(18)14(13)19/h3-7H,2,19H2,1H3. The number of nitrogen functional groups attached to an aromatic ring is 1. The lowest BCUT2D eigenvalue weighted by atomic mass is 10.1. The van der Waals surface area contributed by atoms with Gasteiger partial charge in [-0.05, 0) is 37.3 Å². The second-order valence-electron chi connectivity index (χ2n) is 4.63. The van der Waals surface area contributed by atoms with Crippen LogP contribution in [0.4, 0.5) is 5.69 Å². The summed E-state index contributed by atoms with van der Waals surface area (Å²) < 4.78 is 3.06. The predicted molar refractivity (Wildman–Crippen MR) is 93.0 cm³/mol. The fraction of sp³-hybridized carbons (Fsp3) is 0.133. The van der Waals surface area contributed by atoms with Gasteiger partial charge in [-0.15, -0.1) is 0 Å². The topological polar surface area (TPSA) is 43.8 Å². The number of nitrogens with zero attached hydrogens (tertiary/aromatic N) is 2. The van der Waals surface area contributed by atoms with Crippen molar-refractivity contribution in [2.45, 2.75) is 13.5 Å². The smallest absolute Gasteiger partial charge is 0.144 e. The van der Waals surface area contributed by atoms with E-state index in [-0.39, 0.29) is 0 Å². The molecule has 0 aliphatic carbocycles. The first kappa shape index (κ1) is 14.7. The van der Waals surface area contributed by atoms with Gasteiger partial charge in [-0.25, -0.2) is 4.98 Å². The SMILES string of the molecule is CCn1c(-c2c(Cl)ccc(Cl)c2N)nc2cc(Br)ccc21. The molecule has 21 heavy (non-hydrogen) atoms. The molecule has 1 aromatic heterocycles. The van der Waals surface area contributed by atoms with E-state index < -0.39 is 0 Å². The molecule has 0 saturated carbocycles.